The first-order valence-corrected chi connectivity index (χ1v) is 9.01. The van der Waals surface area contributed by atoms with Crippen LogP contribution in [0.4, 0.5) is 0 Å². The minimum absolute atomic E-state index is 0.0791. The molecule has 0 spiro atoms. The van der Waals surface area contributed by atoms with E-state index in [4.69, 9.17) is 14.2 Å². The second-order valence-corrected chi connectivity index (χ2v) is 6.33. The Kier molecular flexibility index (Phi) is 6.50. The maximum absolute atomic E-state index is 12.8. The molecule has 2 aromatic carbocycles. The third kappa shape index (κ3) is 4.99. The van der Waals surface area contributed by atoms with E-state index >= 15 is 0 Å². The highest BCUT2D eigenvalue weighted by Crippen LogP contribution is 2.21. The Morgan fingerprint density at radius 3 is 2.65 bits per heavy atom. The van der Waals surface area contributed by atoms with Crippen LogP contribution in [0.1, 0.15) is 23.2 Å². The van der Waals surface area contributed by atoms with Crippen LogP contribution in [0.15, 0.2) is 54.6 Å². The minimum atomic E-state index is -0.0791. The third-order valence-corrected chi connectivity index (χ3v) is 4.35. The lowest BCUT2D eigenvalue weighted by Crippen LogP contribution is -2.31. The van der Waals surface area contributed by atoms with Crippen LogP contribution in [-0.2, 0) is 4.74 Å². The first-order valence-electron chi connectivity index (χ1n) is 9.01. The van der Waals surface area contributed by atoms with Crippen molar-refractivity contribution in [3.63, 3.8) is 0 Å². The number of hydrogen-bond donors (Lipinski definition) is 0. The monoisotopic (exact) mass is 355 g/mol. The zero-order chi connectivity index (χ0) is 18.2. The lowest BCUT2D eigenvalue weighted by Gasteiger charge is -2.20. The van der Waals surface area contributed by atoms with Gasteiger partial charge in [0.1, 0.15) is 24.7 Å². The van der Waals surface area contributed by atoms with Crippen LogP contribution in [0.5, 0.6) is 11.5 Å². The Labute approximate surface area is 154 Å². The Hall–Kier alpha value is -2.53. The van der Waals surface area contributed by atoms with Crippen molar-refractivity contribution in [2.75, 3.05) is 33.4 Å². The molecule has 0 N–H and O–H groups in total. The van der Waals surface area contributed by atoms with E-state index < -0.39 is 0 Å². The van der Waals surface area contributed by atoms with Gasteiger partial charge in [-0.2, -0.15) is 0 Å². The molecule has 1 amide bonds. The Bertz CT molecular complexity index is 698. The number of rotatable bonds is 8. The highest BCUT2D eigenvalue weighted by molar-refractivity contribution is 5.96. The molecule has 1 atom stereocenters. The standard InChI is InChI=1S/C21H25NO4/c1-22(13-15-25-17-8-3-2-4-9-17)21(23)19-11-5-6-12-20(19)26-16-18-10-7-14-24-18/h2-6,8-9,11-12,18H,7,10,13-16H2,1H3. The third-order valence-electron chi connectivity index (χ3n) is 4.35. The molecular formula is C21H25NO4. The van der Waals surface area contributed by atoms with Crippen molar-refractivity contribution in [1.82, 2.24) is 4.90 Å². The van der Waals surface area contributed by atoms with Gasteiger partial charge in [-0.15, -0.1) is 0 Å². The van der Waals surface area contributed by atoms with Crippen LogP contribution in [0.3, 0.4) is 0 Å². The molecule has 0 aliphatic carbocycles. The second kappa shape index (κ2) is 9.25. The van der Waals surface area contributed by atoms with Crippen molar-refractivity contribution in [3.05, 3.63) is 60.2 Å². The number of amides is 1. The van der Waals surface area contributed by atoms with E-state index in [0.29, 0.717) is 31.1 Å². The average molecular weight is 355 g/mol. The SMILES string of the molecule is CN(CCOc1ccccc1)C(=O)c1ccccc1OCC1CCCO1. The lowest BCUT2D eigenvalue weighted by atomic mass is 10.1. The number of ether oxygens (including phenoxy) is 3. The summed E-state index contributed by atoms with van der Waals surface area (Å²) >= 11 is 0. The Balaban J connectivity index is 1.54. The van der Waals surface area contributed by atoms with Gasteiger partial charge < -0.3 is 19.1 Å². The minimum Gasteiger partial charge on any atom is -0.492 e. The van der Waals surface area contributed by atoms with E-state index in [0.717, 1.165) is 25.2 Å². The van der Waals surface area contributed by atoms with Gasteiger partial charge in [-0.05, 0) is 37.1 Å². The number of hydrogen-bond acceptors (Lipinski definition) is 4. The summed E-state index contributed by atoms with van der Waals surface area (Å²) < 4.78 is 17.1. The van der Waals surface area contributed by atoms with Crippen LogP contribution in [-0.4, -0.2) is 50.3 Å². The van der Waals surface area contributed by atoms with E-state index in [1.165, 1.54) is 0 Å². The number of benzene rings is 2. The first kappa shape index (κ1) is 18.3. The lowest BCUT2D eigenvalue weighted by molar-refractivity contribution is 0.0655. The fourth-order valence-electron chi connectivity index (χ4n) is 2.85. The topological polar surface area (TPSA) is 48.0 Å². The molecule has 0 radical (unpaired) electrons. The van der Waals surface area contributed by atoms with Crippen molar-refractivity contribution < 1.29 is 19.0 Å². The van der Waals surface area contributed by atoms with Crippen molar-refractivity contribution in [2.45, 2.75) is 18.9 Å². The molecule has 26 heavy (non-hydrogen) atoms. The molecular weight excluding hydrogens is 330 g/mol. The molecule has 1 saturated heterocycles. The van der Waals surface area contributed by atoms with Gasteiger partial charge in [-0.25, -0.2) is 0 Å². The van der Waals surface area contributed by atoms with Gasteiger partial charge in [-0.3, -0.25) is 4.79 Å². The largest absolute Gasteiger partial charge is 0.492 e. The van der Waals surface area contributed by atoms with Crippen molar-refractivity contribution >= 4 is 5.91 Å². The summed E-state index contributed by atoms with van der Waals surface area (Å²) in [7, 11) is 1.77. The molecule has 1 unspecified atom stereocenters. The number of likely N-dealkylation sites (N-methyl/N-ethyl adjacent to an activating group) is 1. The first-order chi connectivity index (χ1) is 12.7. The predicted octanol–water partition coefficient (Wildman–Crippen LogP) is 3.40. The van der Waals surface area contributed by atoms with Crippen molar-refractivity contribution in [1.29, 1.82) is 0 Å². The second-order valence-electron chi connectivity index (χ2n) is 6.33. The van der Waals surface area contributed by atoms with Gasteiger partial charge in [0.25, 0.3) is 5.91 Å². The normalized spacial score (nSPS) is 16.3. The average Bonchev–Trinajstić information content (AvgIpc) is 3.20. The Morgan fingerprint density at radius 1 is 1.12 bits per heavy atom. The summed E-state index contributed by atoms with van der Waals surface area (Å²) in [5, 5.41) is 0. The Morgan fingerprint density at radius 2 is 1.88 bits per heavy atom. The quantitative estimate of drug-likeness (QED) is 0.728. The van der Waals surface area contributed by atoms with Crippen molar-refractivity contribution in [2.24, 2.45) is 0 Å². The molecule has 138 valence electrons. The molecule has 1 aliphatic rings. The molecule has 1 aliphatic heterocycles. The molecule has 3 rings (SSSR count). The molecule has 5 nitrogen and oxygen atoms in total. The number of carbonyl (C=O) groups is 1. The van der Waals surface area contributed by atoms with E-state index in [-0.39, 0.29) is 12.0 Å². The highest BCUT2D eigenvalue weighted by atomic mass is 16.5. The van der Waals surface area contributed by atoms with E-state index in [1.807, 2.05) is 48.5 Å². The molecule has 2 aromatic rings. The fourth-order valence-corrected chi connectivity index (χ4v) is 2.85. The summed E-state index contributed by atoms with van der Waals surface area (Å²) in [6.45, 7) is 2.20. The van der Waals surface area contributed by atoms with Gasteiger partial charge in [0.05, 0.1) is 18.2 Å². The molecule has 5 heteroatoms. The van der Waals surface area contributed by atoms with Gasteiger partial charge in [0.2, 0.25) is 0 Å². The highest BCUT2D eigenvalue weighted by Gasteiger charge is 2.20. The van der Waals surface area contributed by atoms with E-state index in [2.05, 4.69) is 0 Å². The fraction of sp³-hybridized carbons (Fsp3) is 0.381. The zero-order valence-corrected chi connectivity index (χ0v) is 15.1. The van der Waals surface area contributed by atoms with Gasteiger partial charge in [-0.1, -0.05) is 30.3 Å². The summed E-state index contributed by atoms with van der Waals surface area (Å²) in [5.74, 6) is 1.32. The smallest absolute Gasteiger partial charge is 0.257 e. The van der Waals surface area contributed by atoms with Crippen molar-refractivity contribution in [3.8, 4) is 11.5 Å². The van der Waals surface area contributed by atoms with E-state index in [9.17, 15) is 4.79 Å². The summed E-state index contributed by atoms with van der Waals surface area (Å²) in [4.78, 5) is 14.4. The van der Waals surface area contributed by atoms with Gasteiger partial charge in [0, 0.05) is 13.7 Å². The van der Waals surface area contributed by atoms with Crippen LogP contribution in [0.25, 0.3) is 0 Å². The molecule has 1 fully saturated rings. The summed E-state index contributed by atoms with van der Waals surface area (Å²) in [6.07, 6.45) is 2.20. The maximum Gasteiger partial charge on any atom is 0.257 e. The number of nitrogens with zero attached hydrogens (tertiary/aromatic N) is 1. The van der Waals surface area contributed by atoms with E-state index in [1.54, 1.807) is 18.0 Å². The summed E-state index contributed by atoms with van der Waals surface area (Å²) in [6, 6.07) is 16.9. The predicted molar refractivity (Wildman–Crippen MR) is 99.8 cm³/mol. The molecule has 0 saturated carbocycles. The van der Waals surface area contributed by atoms with Crippen LogP contribution >= 0.6 is 0 Å². The number of carbonyl (C=O) groups excluding carboxylic acids is 1. The van der Waals surface area contributed by atoms with Gasteiger partial charge >= 0.3 is 0 Å². The van der Waals surface area contributed by atoms with Gasteiger partial charge in [0.15, 0.2) is 0 Å². The van der Waals surface area contributed by atoms with Crippen LogP contribution < -0.4 is 9.47 Å². The molecule has 1 heterocycles. The van der Waals surface area contributed by atoms with Crippen LogP contribution in [0, 0.1) is 0 Å². The summed E-state index contributed by atoms with van der Waals surface area (Å²) in [5.41, 5.74) is 0.563. The zero-order valence-electron chi connectivity index (χ0n) is 15.1. The number of para-hydroxylation sites is 2. The maximum atomic E-state index is 12.8. The molecule has 0 aromatic heterocycles. The van der Waals surface area contributed by atoms with Crippen LogP contribution in [0.2, 0.25) is 0 Å². The molecule has 0 bridgehead atoms.